The van der Waals surface area contributed by atoms with Gasteiger partial charge in [0.2, 0.25) is 11.8 Å². The van der Waals surface area contributed by atoms with E-state index in [1.165, 1.54) is 0 Å². The van der Waals surface area contributed by atoms with Crippen molar-refractivity contribution in [2.45, 2.75) is 18.3 Å². The molecule has 1 heterocycles. The van der Waals surface area contributed by atoms with Gasteiger partial charge in [0, 0.05) is 18.1 Å². The topological polar surface area (TPSA) is 78.5 Å². The lowest BCUT2D eigenvalue weighted by molar-refractivity contribution is -0.126. The summed E-state index contributed by atoms with van der Waals surface area (Å²) in [6.45, 7) is 0.460. The molecule has 1 aliphatic heterocycles. The summed E-state index contributed by atoms with van der Waals surface area (Å²) in [4.78, 5) is 36.4. The number of benzene rings is 1. The molecule has 0 atom stereocenters. The molecule has 0 unspecified atom stereocenters. The Labute approximate surface area is 132 Å². The molecule has 1 saturated heterocycles. The number of hydrogen-bond donors (Lipinski definition) is 2. The molecule has 1 aliphatic carbocycles. The lowest BCUT2D eigenvalue weighted by Crippen LogP contribution is -2.42. The number of hydrogen-bond acceptors (Lipinski definition) is 3. The molecule has 0 spiro atoms. The molecule has 1 saturated carbocycles. The molecule has 22 heavy (non-hydrogen) atoms. The van der Waals surface area contributed by atoms with Crippen molar-refractivity contribution in [3.05, 3.63) is 34.9 Å². The Bertz CT molecular complexity index is 627. The van der Waals surface area contributed by atoms with Crippen LogP contribution in [0.25, 0.3) is 0 Å². The highest BCUT2D eigenvalue weighted by Crippen LogP contribution is 2.48. The van der Waals surface area contributed by atoms with Crippen molar-refractivity contribution in [3.63, 3.8) is 0 Å². The molecule has 6 nitrogen and oxygen atoms in total. The predicted octanol–water partition coefficient (Wildman–Crippen LogP) is 1.04. The third-order valence-corrected chi connectivity index (χ3v) is 4.35. The smallest absolute Gasteiger partial charge is 0.324 e. The summed E-state index contributed by atoms with van der Waals surface area (Å²) in [6.07, 6.45) is 1.56. The van der Waals surface area contributed by atoms with Crippen molar-refractivity contribution in [2.75, 3.05) is 19.6 Å². The molecule has 0 aromatic heterocycles. The maximum Gasteiger partial charge on any atom is 0.324 e. The average Bonchev–Trinajstić information content (AvgIpc) is 3.25. The molecule has 116 valence electrons. The third-order valence-electron chi connectivity index (χ3n) is 4.12. The summed E-state index contributed by atoms with van der Waals surface area (Å²) in [5.74, 6) is -0.350. The monoisotopic (exact) mass is 321 g/mol. The Morgan fingerprint density at radius 3 is 2.73 bits per heavy atom. The largest absolute Gasteiger partial charge is 0.354 e. The first-order chi connectivity index (χ1) is 10.5. The van der Waals surface area contributed by atoms with Crippen LogP contribution in [0.5, 0.6) is 0 Å². The maximum atomic E-state index is 12.4. The zero-order valence-electron chi connectivity index (χ0n) is 11.9. The SMILES string of the molecule is O=C1CNC(=O)N1CCNC(=O)C1(c2cccc(Cl)c2)CC1. The van der Waals surface area contributed by atoms with Crippen LogP contribution in [0.4, 0.5) is 4.79 Å². The van der Waals surface area contributed by atoms with E-state index in [9.17, 15) is 14.4 Å². The standard InChI is InChI=1S/C15H16ClN3O3/c16-11-3-1-2-10(8-11)15(4-5-15)13(21)17-6-7-19-12(20)9-18-14(19)22/h1-3,8H,4-7,9H2,(H,17,21)(H,18,22). The second-order valence-electron chi connectivity index (χ2n) is 5.55. The van der Waals surface area contributed by atoms with Gasteiger partial charge >= 0.3 is 6.03 Å². The highest BCUT2D eigenvalue weighted by molar-refractivity contribution is 6.30. The van der Waals surface area contributed by atoms with Crippen LogP contribution in [0.2, 0.25) is 5.02 Å². The molecule has 7 heteroatoms. The average molecular weight is 322 g/mol. The molecular formula is C15H16ClN3O3. The summed E-state index contributed by atoms with van der Waals surface area (Å²) < 4.78 is 0. The number of nitrogens with one attached hydrogen (secondary N) is 2. The lowest BCUT2D eigenvalue weighted by atomic mass is 9.95. The first-order valence-corrected chi connectivity index (χ1v) is 7.53. The highest BCUT2D eigenvalue weighted by atomic mass is 35.5. The number of imide groups is 1. The van der Waals surface area contributed by atoms with Crippen molar-refractivity contribution < 1.29 is 14.4 Å². The second kappa shape index (κ2) is 5.61. The normalized spacial score (nSPS) is 19.0. The quantitative estimate of drug-likeness (QED) is 0.795. The van der Waals surface area contributed by atoms with Crippen molar-refractivity contribution in [1.82, 2.24) is 15.5 Å². The minimum atomic E-state index is -0.512. The number of nitrogens with zero attached hydrogens (tertiary/aromatic N) is 1. The van der Waals surface area contributed by atoms with Gasteiger partial charge in [0.25, 0.3) is 0 Å². The lowest BCUT2D eigenvalue weighted by Gasteiger charge is -2.18. The highest BCUT2D eigenvalue weighted by Gasteiger charge is 2.51. The van der Waals surface area contributed by atoms with Crippen molar-refractivity contribution >= 4 is 29.4 Å². The summed E-state index contributed by atoms with van der Waals surface area (Å²) >= 11 is 5.99. The van der Waals surface area contributed by atoms with E-state index >= 15 is 0 Å². The zero-order valence-corrected chi connectivity index (χ0v) is 12.7. The number of carbonyl (C=O) groups is 3. The van der Waals surface area contributed by atoms with Crippen molar-refractivity contribution in [3.8, 4) is 0 Å². The Morgan fingerprint density at radius 2 is 2.14 bits per heavy atom. The fourth-order valence-corrected chi connectivity index (χ4v) is 2.88. The van der Waals surface area contributed by atoms with E-state index in [-0.39, 0.29) is 31.4 Å². The van der Waals surface area contributed by atoms with Gasteiger partial charge in [0.05, 0.1) is 12.0 Å². The molecule has 2 N–H and O–H groups in total. The van der Waals surface area contributed by atoms with E-state index in [1.807, 2.05) is 18.2 Å². The predicted molar refractivity (Wildman–Crippen MR) is 80.5 cm³/mol. The molecule has 1 aromatic rings. The molecule has 4 amide bonds. The van der Waals surface area contributed by atoms with Gasteiger partial charge in [-0.05, 0) is 30.5 Å². The summed E-state index contributed by atoms with van der Waals surface area (Å²) in [5.41, 5.74) is 0.398. The van der Waals surface area contributed by atoms with Crippen LogP contribution in [0, 0.1) is 0 Å². The zero-order chi connectivity index (χ0) is 15.7. The third kappa shape index (κ3) is 2.66. The van der Waals surface area contributed by atoms with Crippen molar-refractivity contribution in [1.29, 1.82) is 0 Å². The van der Waals surface area contributed by atoms with Gasteiger partial charge in [-0.3, -0.25) is 14.5 Å². The van der Waals surface area contributed by atoms with Crippen LogP contribution in [-0.4, -0.2) is 42.4 Å². The first-order valence-electron chi connectivity index (χ1n) is 7.15. The summed E-state index contributed by atoms with van der Waals surface area (Å²) in [7, 11) is 0. The number of urea groups is 1. The van der Waals surface area contributed by atoms with Gasteiger partial charge in [-0.2, -0.15) is 0 Å². The summed E-state index contributed by atoms with van der Waals surface area (Å²) in [5, 5.41) is 5.87. The van der Waals surface area contributed by atoms with Crippen molar-refractivity contribution in [2.24, 2.45) is 0 Å². The van der Waals surface area contributed by atoms with Crippen LogP contribution in [0.3, 0.4) is 0 Å². The number of halogens is 1. The first kappa shape index (κ1) is 14.8. The van der Waals surface area contributed by atoms with E-state index < -0.39 is 11.4 Å². The van der Waals surface area contributed by atoms with E-state index in [0.29, 0.717) is 5.02 Å². The minimum absolute atomic E-state index is 0.0270. The Hall–Kier alpha value is -2.08. The number of carbonyl (C=O) groups excluding carboxylic acids is 3. The van der Waals surface area contributed by atoms with Crippen LogP contribution in [0.1, 0.15) is 18.4 Å². The van der Waals surface area contributed by atoms with Gasteiger partial charge in [-0.1, -0.05) is 23.7 Å². The van der Waals surface area contributed by atoms with Gasteiger partial charge in [0.1, 0.15) is 0 Å². The molecule has 0 bridgehead atoms. The Morgan fingerprint density at radius 1 is 1.36 bits per heavy atom. The molecule has 1 aromatic carbocycles. The van der Waals surface area contributed by atoms with Gasteiger partial charge in [0.15, 0.2) is 0 Å². The van der Waals surface area contributed by atoms with Crippen LogP contribution in [-0.2, 0) is 15.0 Å². The molecule has 0 radical (unpaired) electrons. The van der Waals surface area contributed by atoms with Crippen LogP contribution in [0.15, 0.2) is 24.3 Å². The fourth-order valence-electron chi connectivity index (χ4n) is 2.69. The van der Waals surface area contributed by atoms with Gasteiger partial charge in [-0.15, -0.1) is 0 Å². The molecule has 2 aliphatic rings. The van der Waals surface area contributed by atoms with Gasteiger partial charge in [-0.25, -0.2) is 4.79 Å². The van der Waals surface area contributed by atoms with Crippen LogP contribution < -0.4 is 10.6 Å². The van der Waals surface area contributed by atoms with E-state index in [2.05, 4.69) is 10.6 Å². The fraction of sp³-hybridized carbons (Fsp3) is 0.400. The van der Waals surface area contributed by atoms with Gasteiger partial charge < -0.3 is 10.6 Å². The molecule has 2 fully saturated rings. The number of rotatable bonds is 5. The summed E-state index contributed by atoms with van der Waals surface area (Å²) in [6, 6.07) is 6.91. The molecular weight excluding hydrogens is 306 g/mol. The number of amides is 4. The van der Waals surface area contributed by atoms with E-state index in [1.54, 1.807) is 6.07 Å². The minimum Gasteiger partial charge on any atom is -0.354 e. The Kier molecular flexibility index (Phi) is 3.78. The van der Waals surface area contributed by atoms with E-state index in [0.717, 1.165) is 23.3 Å². The molecule has 3 rings (SSSR count). The van der Waals surface area contributed by atoms with Crippen LogP contribution >= 0.6 is 11.6 Å². The second-order valence-corrected chi connectivity index (χ2v) is 5.99. The van der Waals surface area contributed by atoms with E-state index in [4.69, 9.17) is 11.6 Å². The Balaban J connectivity index is 1.58. The maximum absolute atomic E-state index is 12.4.